The zero-order valence-electron chi connectivity index (χ0n) is 19.3. The summed E-state index contributed by atoms with van der Waals surface area (Å²) in [6.07, 6.45) is 4.90. The number of nitrogens with one attached hydrogen (secondary N) is 1. The molecule has 1 aliphatic heterocycles. The van der Waals surface area contributed by atoms with Crippen LogP contribution < -0.4 is 10.3 Å². The van der Waals surface area contributed by atoms with E-state index in [9.17, 15) is 9.59 Å². The lowest BCUT2D eigenvalue weighted by Gasteiger charge is -2.24. The highest BCUT2D eigenvalue weighted by Gasteiger charge is 2.19. The van der Waals surface area contributed by atoms with Crippen LogP contribution in [0.25, 0.3) is 5.70 Å². The summed E-state index contributed by atoms with van der Waals surface area (Å²) < 4.78 is 0. The maximum atomic E-state index is 12.8. The molecule has 3 aromatic rings. The molecule has 3 aromatic carbocycles. The van der Waals surface area contributed by atoms with Gasteiger partial charge in [-0.05, 0) is 91.7 Å². The van der Waals surface area contributed by atoms with Crippen molar-refractivity contribution in [3.8, 4) is 6.07 Å². The average Bonchev–Trinajstić information content (AvgIpc) is 2.97. The number of hydrogen-bond donors (Lipinski definition) is 1. The largest absolute Gasteiger partial charge is 0.322 e. The van der Waals surface area contributed by atoms with Gasteiger partial charge in [0.05, 0.1) is 23.0 Å². The van der Waals surface area contributed by atoms with Crippen molar-refractivity contribution in [2.75, 3.05) is 16.6 Å². The molecule has 7 heteroatoms. The Morgan fingerprint density at radius 1 is 1.11 bits per heavy atom. The third kappa shape index (κ3) is 5.51. The maximum Gasteiger partial charge on any atom is 0.255 e. The number of anilines is 2. The topological polar surface area (TPSA) is 85.6 Å². The Labute approximate surface area is 209 Å². The number of nitrogens with zero attached hydrogens (tertiary/aromatic N) is 3. The first kappa shape index (κ1) is 24.0. The highest BCUT2D eigenvalue weighted by atomic mass is 32.2. The van der Waals surface area contributed by atoms with E-state index < -0.39 is 0 Å². The molecule has 0 saturated carbocycles. The van der Waals surface area contributed by atoms with Gasteiger partial charge in [-0.1, -0.05) is 12.6 Å². The second-order valence-corrected chi connectivity index (χ2v) is 8.91. The van der Waals surface area contributed by atoms with Crippen molar-refractivity contribution >= 4 is 46.7 Å². The summed E-state index contributed by atoms with van der Waals surface area (Å²) in [5.74, 6) is -0.270. The van der Waals surface area contributed by atoms with Crippen molar-refractivity contribution in [3.63, 3.8) is 0 Å². The smallest absolute Gasteiger partial charge is 0.255 e. The quantitative estimate of drug-likeness (QED) is 0.363. The fraction of sp³-hybridized carbons (Fsp3) is 0.143. The number of carbonyl (C=O) groups is 2. The summed E-state index contributed by atoms with van der Waals surface area (Å²) in [5.41, 5.74) is 5.38. The van der Waals surface area contributed by atoms with E-state index in [0.717, 1.165) is 40.8 Å². The summed E-state index contributed by atoms with van der Waals surface area (Å²) in [7, 11) is 0. The minimum absolute atomic E-state index is 0.270. The lowest BCUT2D eigenvalue weighted by molar-refractivity contribution is -0.102. The van der Waals surface area contributed by atoms with Crippen LogP contribution in [-0.4, -0.2) is 24.2 Å². The van der Waals surface area contributed by atoms with Crippen molar-refractivity contribution in [3.05, 3.63) is 95.6 Å². The fourth-order valence-electron chi connectivity index (χ4n) is 3.87. The molecule has 1 heterocycles. The molecule has 0 bridgehead atoms. The van der Waals surface area contributed by atoms with Gasteiger partial charge in [0, 0.05) is 21.7 Å². The van der Waals surface area contributed by atoms with Gasteiger partial charge in [-0.2, -0.15) is 10.4 Å². The van der Waals surface area contributed by atoms with E-state index in [1.54, 1.807) is 41.0 Å². The van der Waals surface area contributed by atoms with E-state index in [1.807, 2.05) is 54.8 Å². The van der Waals surface area contributed by atoms with Gasteiger partial charge in [-0.15, -0.1) is 11.8 Å². The molecular weight excluding hydrogens is 456 g/mol. The van der Waals surface area contributed by atoms with Crippen LogP contribution in [-0.2, 0) is 11.2 Å². The molecule has 0 fully saturated rings. The molecule has 1 amide bonds. The first-order valence-electron chi connectivity index (χ1n) is 11.1. The van der Waals surface area contributed by atoms with E-state index in [2.05, 4.69) is 17.0 Å². The minimum atomic E-state index is -0.270. The number of carbonyl (C=O) groups excluding carboxylic acids is 2. The standard InChI is InChI=1S/C28H24N4O2S/c1-19-27-16-23(30-28(34)22-8-6-20(17-29)7-9-22)11-10-21(27)4-3-5-24(18-33)31-32(19)25-12-14-26(35-2)15-13-25/h6-16,18H,1,3-5H2,2H3,(H,30,34)/b31-24+. The molecule has 0 spiro atoms. The van der Waals surface area contributed by atoms with Crippen LogP contribution in [0.1, 0.15) is 39.9 Å². The van der Waals surface area contributed by atoms with E-state index >= 15 is 0 Å². The summed E-state index contributed by atoms with van der Waals surface area (Å²) in [6, 6.07) is 22.2. The van der Waals surface area contributed by atoms with Gasteiger partial charge in [-0.25, -0.2) is 5.01 Å². The molecule has 0 unspecified atom stereocenters. The summed E-state index contributed by atoms with van der Waals surface area (Å²) >= 11 is 1.65. The normalized spacial score (nSPS) is 14.9. The number of hydrogen-bond acceptors (Lipinski definition) is 6. The molecule has 174 valence electrons. The van der Waals surface area contributed by atoms with Gasteiger partial charge in [0.25, 0.3) is 5.91 Å². The highest BCUT2D eigenvalue weighted by Crippen LogP contribution is 2.32. The molecular formula is C28H24N4O2S. The third-order valence-corrected chi connectivity index (χ3v) is 6.51. The number of benzene rings is 3. The van der Waals surface area contributed by atoms with Crippen LogP contribution in [0.15, 0.2) is 83.3 Å². The summed E-state index contributed by atoms with van der Waals surface area (Å²) in [6.45, 7) is 4.32. The van der Waals surface area contributed by atoms with Crippen LogP contribution in [0.5, 0.6) is 0 Å². The molecule has 0 aromatic heterocycles. The predicted molar refractivity (Wildman–Crippen MR) is 142 cm³/mol. The number of rotatable bonds is 5. The number of amides is 1. The van der Waals surface area contributed by atoms with Gasteiger partial charge in [-0.3, -0.25) is 9.59 Å². The second-order valence-electron chi connectivity index (χ2n) is 8.03. The fourth-order valence-corrected chi connectivity index (χ4v) is 4.28. The number of nitriles is 1. The van der Waals surface area contributed by atoms with Gasteiger partial charge in [0.2, 0.25) is 0 Å². The monoisotopic (exact) mass is 480 g/mol. The van der Waals surface area contributed by atoms with Crippen molar-refractivity contribution in [1.29, 1.82) is 5.26 Å². The van der Waals surface area contributed by atoms with E-state index in [1.165, 1.54) is 0 Å². The van der Waals surface area contributed by atoms with Crippen molar-refractivity contribution < 1.29 is 9.59 Å². The third-order valence-electron chi connectivity index (χ3n) is 5.77. The Kier molecular flexibility index (Phi) is 7.44. The van der Waals surface area contributed by atoms with Crippen molar-refractivity contribution in [1.82, 2.24) is 0 Å². The zero-order chi connectivity index (χ0) is 24.8. The van der Waals surface area contributed by atoms with Gasteiger partial charge < -0.3 is 5.32 Å². The molecule has 0 radical (unpaired) electrons. The van der Waals surface area contributed by atoms with Crippen LogP contribution >= 0.6 is 11.8 Å². The molecule has 1 N–H and O–H groups in total. The number of hydrazone groups is 1. The van der Waals surface area contributed by atoms with E-state index in [0.29, 0.717) is 34.6 Å². The van der Waals surface area contributed by atoms with E-state index in [4.69, 9.17) is 5.26 Å². The van der Waals surface area contributed by atoms with Crippen LogP contribution in [0.4, 0.5) is 11.4 Å². The number of fused-ring (bicyclic) bond motifs is 1. The van der Waals surface area contributed by atoms with Gasteiger partial charge >= 0.3 is 0 Å². The average molecular weight is 481 g/mol. The lowest BCUT2D eigenvalue weighted by Crippen LogP contribution is -2.18. The Morgan fingerprint density at radius 2 is 1.86 bits per heavy atom. The maximum absolute atomic E-state index is 12.8. The zero-order valence-corrected chi connectivity index (χ0v) is 20.1. The van der Waals surface area contributed by atoms with Gasteiger partial charge in [0.1, 0.15) is 5.71 Å². The Hall–Kier alpha value is -4.15. The second kappa shape index (κ2) is 10.9. The minimum Gasteiger partial charge on any atom is -0.322 e. The lowest BCUT2D eigenvalue weighted by atomic mass is 9.98. The number of aryl methyl sites for hydroxylation is 1. The SMILES string of the molecule is C=C1c2cc(NC(=O)c3ccc(C#N)cc3)ccc2CCC/C(C=O)=N\N1c1ccc(SC)cc1. The van der Waals surface area contributed by atoms with Crippen LogP contribution in [0.3, 0.4) is 0 Å². The summed E-state index contributed by atoms with van der Waals surface area (Å²) in [5, 5.41) is 18.2. The Bertz CT molecular complexity index is 1340. The molecule has 0 atom stereocenters. The first-order valence-corrected chi connectivity index (χ1v) is 12.4. The molecule has 35 heavy (non-hydrogen) atoms. The van der Waals surface area contributed by atoms with Gasteiger partial charge in [0.15, 0.2) is 6.29 Å². The number of aldehydes is 1. The Morgan fingerprint density at radius 3 is 2.51 bits per heavy atom. The molecule has 4 rings (SSSR count). The molecule has 0 saturated heterocycles. The first-order chi connectivity index (χ1) is 17.0. The highest BCUT2D eigenvalue weighted by molar-refractivity contribution is 7.98. The number of thioether (sulfide) groups is 1. The van der Waals surface area contributed by atoms with Crippen LogP contribution in [0.2, 0.25) is 0 Å². The Balaban J connectivity index is 1.68. The molecule has 1 aliphatic rings. The van der Waals surface area contributed by atoms with Crippen LogP contribution in [0, 0.1) is 11.3 Å². The van der Waals surface area contributed by atoms with E-state index in [-0.39, 0.29) is 5.91 Å². The molecule has 6 nitrogen and oxygen atoms in total. The summed E-state index contributed by atoms with van der Waals surface area (Å²) in [4.78, 5) is 25.6. The van der Waals surface area contributed by atoms with Crippen molar-refractivity contribution in [2.45, 2.75) is 24.2 Å². The van der Waals surface area contributed by atoms with Crippen molar-refractivity contribution in [2.24, 2.45) is 5.10 Å². The predicted octanol–water partition coefficient (Wildman–Crippen LogP) is 5.90. The molecule has 0 aliphatic carbocycles.